The third-order valence-corrected chi connectivity index (χ3v) is 6.78. The fraction of sp³-hybridized carbons (Fsp3) is 0.192. The maximum absolute atomic E-state index is 12.8. The van der Waals surface area contributed by atoms with E-state index in [9.17, 15) is 13.2 Å². The molecule has 0 saturated carbocycles. The van der Waals surface area contributed by atoms with Crippen LogP contribution in [0.3, 0.4) is 0 Å². The van der Waals surface area contributed by atoms with Gasteiger partial charge in [0.1, 0.15) is 5.75 Å². The molecule has 4 aromatic rings. The molecular formula is C26H28ClN7O4S. The van der Waals surface area contributed by atoms with Crippen LogP contribution in [-0.4, -0.2) is 36.9 Å². The molecule has 0 aliphatic rings. The molecule has 0 atom stereocenters. The Morgan fingerprint density at radius 3 is 2.38 bits per heavy atom. The molecule has 13 heteroatoms. The summed E-state index contributed by atoms with van der Waals surface area (Å²) in [5.74, 6) is 0.165. The number of halogens is 1. The van der Waals surface area contributed by atoms with Crippen molar-refractivity contribution in [3.8, 4) is 5.75 Å². The fourth-order valence-electron chi connectivity index (χ4n) is 3.66. The van der Waals surface area contributed by atoms with Crippen LogP contribution >= 0.6 is 11.6 Å². The number of carbonyl (C=O) groups excluding carboxylic acids is 1. The number of methoxy groups -OCH3 is 1. The molecule has 0 radical (unpaired) electrons. The van der Waals surface area contributed by atoms with E-state index in [1.165, 1.54) is 13.2 Å². The Morgan fingerprint density at radius 1 is 1.08 bits per heavy atom. The minimum absolute atomic E-state index is 0.0110. The van der Waals surface area contributed by atoms with Gasteiger partial charge in [-0.05, 0) is 55.8 Å². The van der Waals surface area contributed by atoms with Gasteiger partial charge in [0.15, 0.2) is 11.6 Å². The summed E-state index contributed by atoms with van der Waals surface area (Å²) in [7, 11) is -1.80. The maximum Gasteiger partial charge on any atom is 0.243 e. The fourth-order valence-corrected chi connectivity index (χ4v) is 4.48. The minimum atomic E-state index is -3.32. The number of hydrogen-bond acceptors (Lipinski definition) is 9. The first-order chi connectivity index (χ1) is 18.5. The molecule has 0 saturated heterocycles. The lowest BCUT2D eigenvalue weighted by molar-refractivity contribution is -0.120. The number of para-hydroxylation sites is 2. The molecule has 0 spiro atoms. The number of hydrogen-bond donors (Lipinski definition) is 5. The number of ether oxygens (including phenoxy) is 1. The highest BCUT2D eigenvalue weighted by atomic mass is 35.5. The highest BCUT2D eigenvalue weighted by molar-refractivity contribution is 7.74. The number of benzene rings is 3. The number of amides is 1. The van der Waals surface area contributed by atoms with Gasteiger partial charge in [-0.1, -0.05) is 29.8 Å². The van der Waals surface area contributed by atoms with Crippen molar-refractivity contribution in [2.75, 3.05) is 22.0 Å². The largest absolute Gasteiger partial charge is 0.497 e. The lowest BCUT2D eigenvalue weighted by Gasteiger charge is -2.24. The van der Waals surface area contributed by atoms with Gasteiger partial charge in [0.25, 0.3) is 0 Å². The quantitative estimate of drug-likeness (QED) is 0.188. The smallest absolute Gasteiger partial charge is 0.243 e. The monoisotopic (exact) mass is 569 g/mol. The standard InChI is InChI=1S/C26H28ClN7O4S/c1-26(2,29)25(35)30-16-9-8-15(14-28)22(12-16)34(39(36)37)24-23(31-19-6-4-5-7-20(19)33-24)32-21-13-17(38-3)10-11-18(21)27/h4-13,39H,14,28-29H2,1-3H3,(H,30,35)(H,31,32). The van der Waals surface area contributed by atoms with E-state index in [0.717, 1.165) is 4.31 Å². The zero-order valence-corrected chi connectivity index (χ0v) is 23.1. The van der Waals surface area contributed by atoms with Crippen molar-refractivity contribution in [1.82, 2.24) is 9.97 Å². The third-order valence-electron chi connectivity index (χ3n) is 5.72. The van der Waals surface area contributed by atoms with Gasteiger partial charge in [0.05, 0.1) is 40.1 Å². The van der Waals surface area contributed by atoms with Crippen LogP contribution in [0.25, 0.3) is 11.0 Å². The summed E-state index contributed by atoms with van der Waals surface area (Å²) in [6.07, 6.45) is 0. The van der Waals surface area contributed by atoms with Crippen LogP contribution in [0.1, 0.15) is 19.4 Å². The molecule has 39 heavy (non-hydrogen) atoms. The van der Waals surface area contributed by atoms with E-state index in [4.69, 9.17) is 27.8 Å². The Balaban J connectivity index is 1.92. The lowest BCUT2D eigenvalue weighted by Crippen LogP contribution is -2.45. The molecule has 1 heterocycles. The van der Waals surface area contributed by atoms with Crippen LogP contribution < -0.4 is 31.1 Å². The second-order valence-corrected chi connectivity index (χ2v) is 10.4. The van der Waals surface area contributed by atoms with Crippen molar-refractivity contribution in [2.24, 2.45) is 11.5 Å². The number of rotatable bonds is 9. The first-order valence-electron chi connectivity index (χ1n) is 11.8. The van der Waals surface area contributed by atoms with Crippen LogP contribution in [0.15, 0.2) is 60.7 Å². The molecule has 1 amide bonds. The second-order valence-electron chi connectivity index (χ2n) is 9.13. The highest BCUT2D eigenvalue weighted by Crippen LogP contribution is 2.38. The van der Waals surface area contributed by atoms with E-state index in [2.05, 4.69) is 20.6 Å². The highest BCUT2D eigenvalue weighted by Gasteiger charge is 2.25. The van der Waals surface area contributed by atoms with Crippen molar-refractivity contribution >= 4 is 68.1 Å². The first kappa shape index (κ1) is 28.0. The first-order valence-corrected chi connectivity index (χ1v) is 13.3. The average molecular weight is 570 g/mol. The summed E-state index contributed by atoms with van der Waals surface area (Å²) < 4.78 is 32.0. The van der Waals surface area contributed by atoms with Crippen LogP contribution in [0.4, 0.5) is 28.7 Å². The van der Waals surface area contributed by atoms with Gasteiger partial charge in [0, 0.05) is 18.3 Å². The van der Waals surface area contributed by atoms with E-state index in [1.807, 2.05) is 0 Å². The molecule has 0 aliphatic heterocycles. The van der Waals surface area contributed by atoms with Crippen LogP contribution in [0, 0.1) is 0 Å². The van der Waals surface area contributed by atoms with E-state index in [-0.39, 0.29) is 23.9 Å². The predicted octanol–water partition coefficient (Wildman–Crippen LogP) is 3.83. The Hall–Kier alpha value is -3.97. The molecular weight excluding hydrogens is 542 g/mol. The van der Waals surface area contributed by atoms with Gasteiger partial charge < -0.3 is 26.8 Å². The number of nitrogens with zero attached hydrogens (tertiary/aromatic N) is 3. The van der Waals surface area contributed by atoms with Crippen LogP contribution in [0.5, 0.6) is 5.75 Å². The van der Waals surface area contributed by atoms with Gasteiger partial charge in [0.2, 0.25) is 16.8 Å². The molecule has 6 N–H and O–H groups in total. The number of aromatic nitrogens is 2. The number of carbonyl (C=O) groups is 1. The van der Waals surface area contributed by atoms with Crippen molar-refractivity contribution in [2.45, 2.75) is 25.9 Å². The topological polar surface area (TPSA) is 166 Å². The summed E-state index contributed by atoms with van der Waals surface area (Å²) in [5, 5.41) is 6.17. The van der Waals surface area contributed by atoms with Crippen molar-refractivity contribution < 1.29 is 17.9 Å². The molecule has 0 aliphatic carbocycles. The van der Waals surface area contributed by atoms with E-state index < -0.39 is 22.3 Å². The number of nitrogens with two attached hydrogens (primary N) is 2. The zero-order chi connectivity index (χ0) is 28.3. The minimum Gasteiger partial charge on any atom is -0.497 e. The van der Waals surface area contributed by atoms with E-state index in [0.29, 0.717) is 38.7 Å². The van der Waals surface area contributed by atoms with Crippen LogP contribution in [-0.2, 0) is 22.2 Å². The summed E-state index contributed by atoms with van der Waals surface area (Å²) in [6, 6.07) is 16.8. The Labute approximate surface area is 232 Å². The molecule has 1 aromatic heterocycles. The van der Waals surface area contributed by atoms with E-state index >= 15 is 0 Å². The van der Waals surface area contributed by atoms with Crippen molar-refractivity contribution in [1.29, 1.82) is 0 Å². The molecule has 0 fully saturated rings. The SMILES string of the molecule is COc1ccc(Cl)c(Nc2nc3ccccc3nc2N(c2cc(NC(=O)C(C)(C)N)ccc2CN)[SH](=O)=O)c1. The number of anilines is 5. The molecule has 0 bridgehead atoms. The lowest BCUT2D eigenvalue weighted by atomic mass is 10.1. The van der Waals surface area contributed by atoms with Crippen molar-refractivity contribution in [3.05, 3.63) is 71.2 Å². The molecule has 204 valence electrons. The maximum atomic E-state index is 12.8. The molecule has 3 aromatic carbocycles. The Kier molecular flexibility index (Phi) is 8.21. The zero-order valence-electron chi connectivity index (χ0n) is 21.4. The summed E-state index contributed by atoms with van der Waals surface area (Å²) in [6.45, 7) is 3.13. The van der Waals surface area contributed by atoms with Crippen LogP contribution in [0.2, 0.25) is 5.02 Å². The van der Waals surface area contributed by atoms with Crippen molar-refractivity contribution in [3.63, 3.8) is 0 Å². The second kappa shape index (κ2) is 11.4. The summed E-state index contributed by atoms with van der Waals surface area (Å²) in [4.78, 5) is 21.8. The van der Waals surface area contributed by atoms with Gasteiger partial charge in [-0.15, -0.1) is 0 Å². The Bertz CT molecular complexity index is 1610. The van der Waals surface area contributed by atoms with Gasteiger partial charge >= 0.3 is 0 Å². The third kappa shape index (κ3) is 6.20. The van der Waals surface area contributed by atoms with Gasteiger partial charge in [-0.3, -0.25) is 4.79 Å². The average Bonchev–Trinajstić information content (AvgIpc) is 2.89. The number of fused-ring (bicyclic) bond motifs is 1. The van der Waals surface area contributed by atoms with Gasteiger partial charge in [-0.2, -0.15) is 0 Å². The summed E-state index contributed by atoms with van der Waals surface area (Å²) in [5.41, 5.74) is 13.1. The molecule has 11 nitrogen and oxygen atoms in total. The van der Waals surface area contributed by atoms with E-state index in [1.54, 1.807) is 68.4 Å². The van der Waals surface area contributed by atoms with Gasteiger partial charge in [-0.25, -0.2) is 22.7 Å². The summed E-state index contributed by atoms with van der Waals surface area (Å²) >= 11 is 6.42. The molecule has 0 unspecified atom stereocenters. The Morgan fingerprint density at radius 2 is 1.77 bits per heavy atom. The molecule has 4 rings (SSSR count). The predicted molar refractivity (Wildman–Crippen MR) is 155 cm³/mol. The normalized spacial score (nSPS) is 11.5. The number of nitrogens with one attached hydrogen (secondary N) is 2. The number of thiol groups is 1.